The number of hydrogen-bond acceptors (Lipinski definition) is 3. The average Bonchev–Trinajstić information content (AvgIpc) is 3.04. The van der Waals surface area contributed by atoms with E-state index < -0.39 is 29.6 Å². The van der Waals surface area contributed by atoms with Gasteiger partial charge in [0.25, 0.3) is 0 Å². The Bertz CT molecular complexity index is 1010. The van der Waals surface area contributed by atoms with E-state index in [0.29, 0.717) is 5.56 Å². The van der Waals surface area contributed by atoms with Gasteiger partial charge in [-0.25, -0.2) is 8.78 Å². The van der Waals surface area contributed by atoms with Crippen LogP contribution in [-0.2, 0) is 16.0 Å². The first kappa shape index (κ1) is 21.8. The summed E-state index contributed by atoms with van der Waals surface area (Å²) in [4.78, 5) is 26.4. The summed E-state index contributed by atoms with van der Waals surface area (Å²) in [5.41, 5.74) is 1.16. The summed E-state index contributed by atoms with van der Waals surface area (Å²) in [6.07, 6.45) is 3.50. The van der Waals surface area contributed by atoms with E-state index in [1.165, 1.54) is 6.07 Å². The molecule has 0 bridgehead atoms. The Balaban J connectivity index is 0.00000280. The van der Waals surface area contributed by atoms with Crippen molar-refractivity contribution in [2.45, 2.75) is 12.5 Å². The molecule has 0 radical (unpaired) electrons. The molecular weight excluding hydrogens is 377 g/mol. The summed E-state index contributed by atoms with van der Waals surface area (Å²) in [5, 5.41) is 14.5. The van der Waals surface area contributed by atoms with Gasteiger partial charge in [-0.2, -0.15) is 0 Å². The number of aromatic nitrogens is 1. The third-order valence-corrected chi connectivity index (χ3v) is 4.10. The normalized spacial score (nSPS) is 11.9. The third-order valence-electron chi connectivity index (χ3n) is 4.10. The van der Waals surface area contributed by atoms with Crippen LogP contribution < -0.4 is 40.0 Å². The molecule has 3 rings (SSSR count). The zero-order chi connectivity index (χ0) is 19.4. The molecule has 5 nitrogen and oxygen atoms in total. The monoisotopic (exact) mass is 392 g/mol. The standard InChI is InChI=1S/C20H16F2N2O3.Na/c21-15-5-3-6-16(22)14(15)8-9-19(25)24-18(20(26)27)10-12-11-23-17-7-2-1-4-13(12)17;/h1-9,11,18,23H,10H2,(H,24,25)(H,26,27);/q;+1/p-1/t18-;/m0./s1. The first-order valence-electron chi connectivity index (χ1n) is 8.14. The Hall–Kier alpha value is -2.48. The van der Waals surface area contributed by atoms with Crippen LogP contribution in [0.15, 0.2) is 54.7 Å². The van der Waals surface area contributed by atoms with Gasteiger partial charge in [0, 0.05) is 35.2 Å². The van der Waals surface area contributed by atoms with Gasteiger partial charge in [-0.3, -0.25) is 4.79 Å². The number of carbonyl (C=O) groups is 2. The number of fused-ring (bicyclic) bond motifs is 1. The molecule has 0 unspecified atom stereocenters. The number of H-pyrrole nitrogens is 1. The van der Waals surface area contributed by atoms with E-state index in [1.54, 1.807) is 6.20 Å². The van der Waals surface area contributed by atoms with Crippen LogP contribution in [0.4, 0.5) is 8.78 Å². The van der Waals surface area contributed by atoms with Crippen LogP contribution >= 0.6 is 0 Å². The van der Waals surface area contributed by atoms with Crippen LogP contribution in [0.25, 0.3) is 17.0 Å². The predicted molar refractivity (Wildman–Crippen MR) is 94.3 cm³/mol. The van der Waals surface area contributed by atoms with E-state index in [9.17, 15) is 23.5 Å². The van der Waals surface area contributed by atoms with Gasteiger partial charge in [-0.05, 0) is 29.8 Å². The quantitative estimate of drug-likeness (QED) is 0.414. The Morgan fingerprint density at radius 3 is 2.46 bits per heavy atom. The number of halogens is 2. The van der Waals surface area contributed by atoms with Crippen LogP contribution in [0, 0.1) is 11.6 Å². The van der Waals surface area contributed by atoms with E-state index in [2.05, 4.69) is 10.3 Å². The first-order valence-corrected chi connectivity index (χ1v) is 8.14. The number of hydrogen-bond donors (Lipinski definition) is 2. The van der Waals surface area contributed by atoms with E-state index >= 15 is 0 Å². The number of benzene rings is 2. The Labute approximate surface area is 181 Å². The molecule has 3 aromatic rings. The molecule has 0 saturated heterocycles. The minimum Gasteiger partial charge on any atom is -0.548 e. The van der Waals surface area contributed by atoms with Crippen molar-refractivity contribution in [2.75, 3.05) is 0 Å². The third kappa shape index (κ3) is 5.07. The van der Waals surface area contributed by atoms with Gasteiger partial charge in [-0.15, -0.1) is 0 Å². The second kappa shape index (κ2) is 9.64. The minimum atomic E-state index is -1.46. The number of para-hydroxylation sites is 1. The molecule has 0 aliphatic rings. The van der Waals surface area contributed by atoms with Crippen molar-refractivity contribution in [3.63, 3.8) is 0 Å². The van der Waals surface area contributed by atoms with Crippen LogP contribution in [0.2, 0.25) is 0 Å². The fourth-order valence-electron chi connectivity index (χ4n) is 2.76. The number of aliphatic carboxylic acids is 1. The molecule has 8 heteroatoms. The summed E-state index contributed by atoms with van der Waals surface area (Å²) < 4.78 is 27.1. The number of carbonyl (C=O) groups excluding carboxylic acids is 2. The molecule has 1 aromatic heterocycles. The fraction of sp³-hybridized carbons (Fsp3) is 0.100. The predicted octanol–water partition coefficient (Wildman–Crippen LogP) is -1.06. The fourth-order valence-corrected chi connectivity index (χ4v) is 2.76. The molecular formula is C20H15F2N2NaO3. The zero-order valence-electron chi connectivity index (χ0n) is 15.0. The van der Waals surface area contributed by atoms with Gasteiger partial charge < -0.3 is 20.2 Å². The van der Waals surface area contributed by atoms with E-state index in [4.69, 9.17) is 0 Å². The minimum absolute atomic E-state index is 0. The van der Waals surface area contributed by atoms with Crippen molar-refractivity contribution in [3.05, 3.63) is 77.5 Å². The van der Waals surface area contributed by atoms with Gasteiger partial charge >= 0.3 is 29.6 Å². The number of rotatable bonds is 6. The molecule has 0 aliphatic carbocycles. The average molecular weight is 392 g/mol. The number of amides is 1. The van der Waals surface area contributed by atoms with E-state index in [-0.39, 0.29) is 41.5 Å². The Morgan fingerprint density at radius 2 is 1.79 bits per heavy atom. The Morgan fingerprint density at radius 1 is 1.11 bits per heavy atom. The maximum Gasteiger partial charge on any atom is 1.00 e. The second-order valence-corrected chi connectivity index (χ2v) is 5.91. The number of nitrogens with one attached hydrogen (secondary N) is 2. The smallest absolute Gasteiger partial charge is 0.548 e. The molecule has 28 heavy (non-hydrogen) atoms. The number of carboxylic acids is 1. The van der Waals surface area contributed by atoms with Crippen molar-refractivity contribution in [3.8, 4) is 0 Å². The Kier molecular flexibility index (Phi) is 7.51. The van der Waals surface area contributed by atoms with Gasteiger partial charge in [0.1, 0.15) is 11.6 Å². The maximum absolute atomic E-state index is 13.6. The summed E-state index contributed by atoms with van der Waals surface area (Å²) in [6.45, 7) is 0. The molecule has 0 aliphatic heterocycles. The largest absolute Gasteiger partial charge is 1.00 e. The summed E-state index contributed by atoms with van der Waals surface area (Å²) >= 11 is 0. The topological polar surface area (TPSA) is 85.0 Å². The van der Waals surface area contributed by atoms with E-state index in [0.717, 1.165) is 35.2 Å². The van der Waals surface area contributed by atoms with E-state index in [1.807, 2.05) is 24.3 Å². The van der Waals surface area contributed by atoms with Crippen molar-refractivity contribution in [1.29, 1.82) is 0 Å². The molecule has 0 fully saturated rings. The van der Waals surface area contributed by atoms with Crippen molar-refractivity contribution < 1.29 is 53.0 Å². The van der Waals surface area contributed by atoms with Crippen molar-refractivity contribution >= 4 is 28.9 Å². The van der Waals surface area contributed by atoms with Gasteiger partial charge in [-0.1, -0.05) is 24.3 Å². The van der Waals surface area contributed by atoms with Crippen LogP contribution in [-0.4, -0.2) is 22.9 Å². The molecule has 0 spiro atoms. The molecule has 1 heterocycles. The second-order valence-electron chi connectivity index (χ2n) is 5.91. The molecule has 2 aromatic carbocycles. The number of carboxylic acid groups (broad SMARTS) is 1. The summed E-state index contributed by atoms with van der Waals surface area (Å²) in [7, 11) is 0. The van der Waals surface area contributed by atoms with Gasteiger partial charge in [0.05, 0.1) is 12.0 Å². The SMILES string of the molecule is O=C(C=Cc1c(F)cccc1F)N[C@@H](Cc1c[nH]c2ccccc12)C(=O)[O-].[Na+]. The maximum atomic E-state index is 13.6. The molecule has 2 N–H and O–H groups in total. The van der Waals surface area contributed by atoms with Gasteiger partial charge in [0.15, 0.2) is 0 Å². The zero-order valence-corrected chi connectivity index (χ0v) is 17.0. The van der Waals surface area contributed by atoms with Crippen LogP contribution in [0.3, 0.4) is 0 Å². The molecule has 1 amide bonds. The van der Waals surface area contributed by atoms with Crippen molar-refractivity contribution in [1.82, 2.24) is 10.3 Å². The molecule has 0 saturated carbocycles. The summed E-state index contributed by atoms with van der Waals surface area (Å²) in [5.74, 6) is -3.91. The van der Waals surface area contributed by atoms with Gasteiger partial charge in [0.2, 0.25) is 5.91 Å². The number of aromatic amines is 1. The molecule has 138 valence electrons. The molecule has 1 atom stereocenters. The van der Waals surface area contributed by atoms with Crippen LogP contribution in [0.1, 0.15) is 11.1 Å². The van der Waals surface area contributed by atoms with Crippen molar-refractivity contribution in [2.24, 2.45) is 0 Å². The first-order chi connectivity index (χ1) is 13.0. The summed E-state index contributed by atoms with van der Waals surface area (Å²) in [6, 6.07) is 9.35. The van der Waals surface area contributed by atoms with Crippen LogP contribution in [0.5, 0.6) is 0 Å².